The van der Waals surface area contributed by atoms with Crippen LogP contribution in [0.4, 0.5) is 0 Å². The highest BCUT2D eigenvalue weighted by Gasteiger charge is 2.36. The molecule has 0 saturated carbocycles. The van der Waals surface area contributed by atoms with Crippen molar-refractivity contribution < 1.29 is 25.2 Å². The number of thioether (sulfide) groups is 2. The van der Waals surface area contributed by atoms with Crippen molar-refractivity contribution >= 4 is 29.5 Å². The van der Waals surface area contributed by atoms with Gasteiger partial charge in [-0.2, -0.15) is 0 Å². The Kier molecular flexibility index (Phi) is 7.93. The summed E-state index contributed by atoms with van der Waals surface area (Å²) in [5.74, 6) is 1.30. The number of phenols is 1. The second kappa shape index (κ2) is 9.71. The number of hydrogen-bond donors (Lipinski definition) is 4. The second-order valence-corrected chi connectivity index (χ2v) is 9.69. The number of carboxylic acids is 1. The molecule has 4 N–H and O–H groups in total. The highest BCUT2D eigenvalue weighted by atomic mass is 32.2. The molecule has 5 nitrogen and oxygen atoms in total. The lowest BCUT2D eigenvalue weighted by molar-refractivity contribution is -0.139. The van der Waals surface area contributed by atoms with Crippen LogP contribution in [0.1, 0.15) is 37.7 Å². The summed E-state index contributed by atoms with van der Waals surface area (Å²) >= 11 is 3.72. The van der Waals surface area contributed by atoms with E-state index in [-0.39, 0.29) is 22.7 Å². The molecule has 1 aromatic carbocycles. The third kappa shape index (κ3) is 7.09. The molecule has 0 aliphatic carbocycles. The van der Waals surface area contributed by atoms with E-state index in [0.717, 1.165) is 36.3 Å². The van der Waals surface area contributed by atoms with Gasteiger partial charge in [-0.1, -0.05) is 12.1 Å². The number of hydrogen-bond acceptors (Lipinski definition) is 6. The average Bonchev–Trinajstić information content (AvgIpc) is 2.54. The summed E-state index contributed by atoms with van der Waals surface area (Å²) in [6.07, 6.45) is 1.45. The monoisotopic (exact) mass is 386 g/mol. The van der Waals surface area contributed by atoms with Crippen LogP contribution in [0, 0.1) is 0 Å². The third-order valence-corrected chi connectivity index (χ3v) is 7.74. The van der Waals surface area contributed by atoms with Gasteiger partial charge in [0, 0.05) is 0 Å². The molecule has 1 saturated heterocycles. The largest absolute Gasteiger partial charge is 0.508 e. The first-order chi connectivity index (χ1) is 11.9. The van der Waals surface area contributed by atoms with Crippen LogP contribution in [0.2, 0.25) is 0 Å². The van der Waals surface area contributed by atoms with Gasteiger partial charge in [0.2, 0.25) is 0 Å². The quantitative estimate of drug-likeness (QED) is 0.518. The Morgan fingerprint density at radius 1 is 1.12 bits per heavy atom. The summed E-state index contributed by atoms with van der Waals surface area (Å²) in [5, 5.41) is 38.2. The van der Waals surface area contributed by atoms with Crippen molar-refractivity contribution in [2.24, 2.45) is 0 Å². The number of benzene rings is 1. The number of carboxylic acid groups (broad SMARTS) is 1. The number of aliphatic hydroxyl groups excluding tert-OH is 2. The minimum absolute atomic E-state index is 0.0916. The van der Waals surface area contributed by atoms with Crippen molar-refractivity contribution in [2.45, 2.75) is 54.8 Å². The fourth-order valence-electron chi connectivity index (χ4n) is 3.02. The molecule has 0 amide bonds. The molecule has 0 aromatic heterocycles. The van der Waals surface area contributed by atoms with Gasteiger partial charge in [-0.25, -0.2) is 0 Å². The Bertz CT molecular complexity index is 543. The van der Waals surface area contributed by atoms with E-state index in [9.17, 15) is 20.1 Å². The summed E-state index contributed by atoms with van der Waals surface area (Å²) in [4.78, 5) is 10.7. The first-order valence-corrected chi connectivity index (χ1v) is 10.5. The molecule has 0 bridgehead atoms. The van der Waals surface area contributed by atoms with Crippen molar-refractivity contribution in [2.75, 3.05) is 11.5 Å². The predicted octanol–water partition coefficient (Wildman–Crippen LogP) is 2.87. The first kappa shape index (κ1) is 20.4. The van der Waals surface area contributed by atoms with Crippen LogP contribution >= 0.6 is 23.5 Å². The molecule has 0 unspecified atom stereocenters. The number of carbonyl (C=O) groups is 1. The van der Waals surface area contributed by atoms with Crippen LogP contribution in [0.3, 0.4) is 0 Å². The average molecular weight is 387 g/mol. The third-order valence-electron chi connectivity index (χ3n) is 4.25. The van der Waals surface area contributed by atoms with Gasteiger partial charge in [-0.3, -0.25) is 4.79 Å². The predicted molar refractivity (Wildman–Crippen MR) is 102 cm³/mol. The van der Waals surface area contributed by atoms with Crippen LogP contribution < -0.4 is 0 Å². The lowest BCUT2D eigenvalue weighted by Crippen LogP contribution is -2.33. The van der Waals surface area contributed by atoms with E-state index in [1.165, 1.54) is 0 Å². The van der Waals surface area contributed by atoms with Crippen molar-refractivity contribution in [1.82, 2.24) is 0 Å². The molecule has 25 heavy (non-hydrogen) atoms. The van der Waals surface area contributed by atoms with Gasteiger partial charge in [-0.05, 0) is 61.3 Å². The maximum absolute atomic E-state index is 10.7. The molecule has 7 heteroatoms. The molecule has 2 atom stereocenters. The fourth-order valence-corrected chi connectivity index (χ4v) is 6.47. The Balaban J connectivity index is 1.94. The maximum atomic E-state index is 10.7. The number of phenolic OH excluding ortho intramolecular Hbond substituents is 1. The van der Waals surface area contributed by atoms with E-state index in [1.54, 1.807) is 12.1 Å². The highest BCUT2D eigenvalue weighted by Crippen LogP contribution is 2.49. The molecule has 1 aliphatic heterocycles. The molecule has 0 radical (unpaired) electrons. The van der Waals surface area contributed by atoms with Gasteiger partial charge in [-0.15, -0.1) is 23.5 Å². The lowest BCUT2D eigenvalue weighted by Gasteiger charge is -2.38. The van der Waals surface area contributed by atoms with Crippen LogP contribution in [0.15, 0.2) is 24.3 Å². The Morgan fingerprint density at radius 2 is 1.76 bits per heavy atom. The topological polar surface area (TPSA) is 98.0 Å². The van der Waals surface area contributed by atoms with E-state index in [2.05, 4.69) is 0 Å². The molecule has 1 aliphatic rings. The minimum Gasteiger partial charge on any atom is -0.508 e. The van der Waals surface area contributed by atoms with E-state index in [1.807, 2.05) is 35.7 Å². The van der Waals surface area contributed by atoms with E-state index < -0.39 is 18.2 Å². The number of rotatable bonds is 9. The van der Waals surface area contributed by atoms with E-state index in [0.29, 0.717) is 6.42 Å². The Morgan fingerprint density at radius 3 is 2.36 bits per heavy atom. The van der Waals surface area contributed by atoms with Crippen molar-refractivity contribution in [3.8, 4) is 5.75 Å². The number of aliphatic carboxylic acids is 1. The van der Waals surface area contributed by atoms with Gasteiger partial charge in [0.25, 0.3) is 0 Å². The molecule has 0 spiro atoms. The van der Waals surface area contributed by atoms with Crippen LogP contribution in [-0.2, 0) is 11.2 Å². The summed E-state index contributed by atoms with van der Waals surface area (Å²) in [5.41, 5.74) is 1.14. The van der Waals surface area contributed by atoms with Crippen molar-refractivity contribution in [3.05, 3.63) is 29.8 Å². The van der Waals surface area contributed by atoms with Gasteiger partial charge in [0.15, 0.2) is 0 Å². The van der Waals surface area contributed by atoms with E-state index >= 15 is 0 Å². The van der Waals surface area contributed by atoms with Gasteiger partial charge in [0.1, 0.15) is 5.75 Å². The van der Waals surface area contributed by atoms with Crippen LogP contribution in [0.5, 0.6) is 5.75 Å². The maximum Gasteiger partial charge on any atom is 0.305 e. The second-order valence-electron chi connectivity index (χ2n) is 6.47. The number of aryl methyl sites for hydroxylation is 1. The Labute approximate surface area is 156 Å². The fraction of sp³-hybridized carbons (Fsp3) is 0.611. The number of aliphatic hydroxyl groups is 2. The summed E-state index contributed by atoms with van der Waals surface area (Å²) in [6.45, 7) is 0. The highest BCUT2D eigenvalue weighted by molar-refractivity contribution is 8.18. The molecular formula is C18H26O5S2. The van der Waals surface area contributed by atoms with Crippen molar-refractivity contribution in [1.29, 1.82) is 0 Å². The van der Waals surface area contributed by atoms with Crippen LogP contribution in [-0.4, -0.2) is 54.2 Å². The number of aromatic hydroxyl groups is 1. The zero-order valence-corrected chi connectivity index (χ0v) is 15.8. The molecule has 2 rings (SSSR count). The van der Waals surface area contributed by atoms with Gasteiger partial charge in [0.05, 0.1) is 22.7 Å². The summed E-state index contributed by atoms with van der Waals surface area (Å²) in [6, 6.07) is 7.18. The SMILES string of the molecule is O=C(O)C[C@H](O)C[C@@H](O)CC1(CCc2ccc(O)cc2)SCCCS1. The smallest absolute Gasteiger partial charge is 0.305 e. The minimum atomic E-state index is -1.05. The molecule has 1 heterocycles. The molecule has 1 aromatic rings. The normalized spacial score (nSPS) is 19.3. The van der Waals surface area contributed by atoms with Crippen molar-refractivity contribution in [3.63, 3.8) is 0 Å². The van der Waals surface area contributed by atoms with Crippen LogP contribution in [0.25, 0.3) is 0 Å². The van der Waals surface area contributed by atoms with E-state index in [4.69, 9.17) is 5.11 Å². The standard InChI is InChI=1S/C18H26O5S2/c19-14-4-2-13(3-5-14)6-7-18(24-8-1-9-25-18)12-16(21)10-15(20)11-17(22)23/h2-5,15-16,19-21H,1,6-12H2,(H,22,23)/t15-,16-/m1/s1. The first-order valence-electron chi connectivity index (χ1n) is 8.52. The van der Waals surface area contributed by atoms with Gasteiger partial charge < -0.3 is 20.4 Å². The summed E-state index contributed by atoms with van der Waals surface area (Å²) in [7, 11) is 0. The Hall–Kier alpha value is -0.890. The molecular weight excluding hydrogens is 360 g/mol. The molecule has 1 fully saturated rings. The summed E-state index contributed by atoms with van der Waals surface area (Å²) < 4.78 is -0.113. The zero-order chi connectivity index (χ0) is 18.3. The molecule has 140 valence electrons. The van der Waals surface area contributed by atoms with Gasteiger partial charge >= 0.3 is 5.97 Å². The zero-order valence-electron chi connectivity index (χ0n) is 14.1. The lowest BCUT2D eigenvalue weighted by atomic mass is 10.0.